The molecule has 1 aliphatic carbocycles. The number of nitrogens with two attached hydrogens (primary N) is 1. The monoisotopic (exact) mass is 254 g/mol. The smallest absolute Gasteiger partial charge is 0.0424 e. The lowest BCUT2D eigenvalue weighted by Crippen LogP contribution is -2.33. The molecule has 3 rings (SSSR count). The maximum atomic E-state index is 6.39. The molecule has 100 valence electrons. The van der Waals surface area contributed by atoms with Crippen LogP contribution in [-0.2, 0) is 0 Å². The molecule has 0 bridgehead atoms. The fourth-order valence-electron chi connectivity index (χ4n) is 2.77. The fourth-order valence-corrected chi connectivity index (χ4v) is 2.77. The van der Waals surface area contributed by atoms with Gasteiger partial charge >= 0.3 is 0 Å². The molecule has 1 unspecified atom stereocenters. The van der Waals surface area contributed by atoms with E-state index in [0.717, 1.165) is 19.1 Å². The van der Waals surface area contributed by atoms with Gasteiger partial charge in [-0.3, -0.25) is 4.90 Å². The van der Waals surface area contributed by atoms with Gasteiger partial charge in [-0.15, -0.1) is 0 Å². The largest absolute Gasteiger partial charge is 0.323 e. The van der Waals surface area contributed by atoms with Gasteiger partial charge in [0.05, 0.1) is 0 Å². The molecule has 0 heterocycles. The lowest BCUT2D eigenvalue weighted by molar-refractivity contribution is 0.260. The third-order valence-electron chi connectivity index (χ3n) is 4.10. The molecule has 2 heteroatoms. The Bertz CT molecular complexity index is 560. The molecule has 0 spiro atoms. The fraction of sp³-hybridized carbons (Fsp3) is 0.412. The van der Waals surface area contributed by atoms with Gasteiger partial charge in [-0.1, -0.05) is 43.3 Å². The summed E-state index contributed by atoms with van der Waals surface area (Å²) in [6.07, 6.45) is 2.69. The Morgan fingerprint density at radius 1 is 1.16 bits per heavy atom. The molecule has 0 amide bonds. The van der Waals surface area contributed by atoms with Crippen LogP contribution in [0.1, 0.15) is 31.4 Å². The summed E-state index contributed by atoms with van der Waals surface area (Å²) in [5.74, 6) is 0. The maximum absolute atomic E-state index is 6.39. The van der Waals surface area contributed by atoms with Crippen LogP contribution in [0.3, 0.4) is 0 Å². The Hall–Kier alpha value is -1.38. The topological polar surface area (TPSA) is 29.3 Å². The van der Waals surface area contributed by atoms with Crippen molar-refractivity contribution in [1.29, 1.82) is 0 Å². The van der Waals surface area contributed by atoms with Gasteiger partial charge in [0, 0.05) is 18.6 Å². The molecule has 1 saturated carbocycles. The lowest BCUT2D eigenvalue weighted by Gasteiger charge is -2.24. The third-order valence-corrected chi connectivity index (χ3v) is 4.10. The van der Waals surface area contributed by atoms with E-state index in [1.54, 1.807) is 0 Å². The summed E-state index contributed by atoms with van der Waals surface area (Å²) >= 11 is 0. The van der Waals surface area contributed by atoms with E-state index in [2.05, 4.69) is 54.3 Å². The second kappa shape index (κ2) is 5.32. The van der Waals surface area contributed by atoms with E-state index in [1.807, 2.05) is 0 Å². The molecule has 2 aromatic rings. The quantitative estimate of drug-likeness (QED) is 0.887. The summed E-state index contributed by atoms with van der Waals surface area (Å²) in [5, 5.41) is 2.57. The SMILES string of the molecule is CCN(CC(N)c1ccc2ccccc2c1)C1CC1. The van der Waals surface area contributed by atoms with E-state index < -0.39 is 0 Å². The van der Waals surface area contributed by atoms with Crippen molar-refractivity contribution in [2.75, 3.05) is 13.1 Å². The van der Waals surface area contributed by atoms with E-state index in [4.69, 9.17) is 5.73 Å². The summed E-state index contributed by atoms with van der Waals surface area (Å²) < 4.78 is 0. The predicted molar refractivity (Wildman–Crippen MR) is 81.1 cm³/mol. The minimum atomic E-state index is 0.116. The first-order valence-electron chi connectivity index (χ1n) is 7.26. The second-order valence-electron chi connectivity index (χ2n) is 5.53. The van der Waals surface area contributed by atoms with E-state index >= 15 is 0 Å². The third kappa shape index (κ3) is 2.80. The number of hydrogen-bond acceptors (Lipinski definition) is 2. The summed E-state index contributed by atoms with van der Waals surface area (Å²) in [4.78, 5) is 2.51. The molecular weight excluding hydrogens is 232 g/mol. The van der Waals surface area contributed by atoms with E-state index in [9.17, 15) is 0 Å². The average Bonchev–Trinajstić information content (AvgIpc) is 3.28. The highest BCUT2D eigenvalue weighted by atomic mass is 15.2. The van der Waals surface area contributed by atoms with Crippen LogP contribution >= 0.6 is 0 Å². The molecule has 0 radical (unpaired) electrons. The van der Waals surface area contributed by atoms with Crippen LogP contribution in [-0.4, -0.2) is 24.0 Å². The molecule has 2 nitrogen and oxygen atoms in total. The summed E-state index contributed by atoms with van der Waals surface area (Å²) in [7, 11) is 0. The van der Waals surface area contributed by atoms with Crippen LogP contribution in [0, 0.1) is 0 Å². The van der Waals surface area contributed by atoms with Gasteiger partial charge in [-0.2, -0.15) is 0 Å². The minimum absolute atomic E-state index is 0.116. The summed E-state index contributed by atoms with van der Waals surface area (Å²) in [6, 6.07) is 16.0. The zero-order valence-corrected chi connectivity index (χ0v) is 11.5. The number of nitrogens with zero attached hydrogens (tertiary/aromatic N) is 1. The van der Waals surface area contributed by atoms with Crippen LogP contribution in [0.2, 0.25) is 0 Å². The molecule has 19 heavy (non-hydrogen) atoms. The summed E-state index contributed by atoms with van der Waals surface area (Å²) in [5.41, 5.74) is 7.63. The van der Waals surface area contributed by atoms with Crippen molar-refractivity contribution in [3.63, 3.8) is 0 Å². The minimum Gasteiger partial charge on any atom is -0.323 e. The van der Waals surface area contributed by atoms with Gasteiger partial charge in [0.25, 0.3) is 0 Å². The molecule has 2 N–H and O–H groups in total. The van der Waals surface area contributed by atoms with Crippen LogP contribution in [0.15, 0.2) is 42.5 Å². The summed E-state index contributed by atoms with van der Waals surface area (Å²) in [6.45, 7) is 4.30. The zero-order chi connectivity index (χ0) is 13.2. The number of hydrogen-bond donors (Lipinski definition) is 1. The van der Waals surface area contributed by atoms with Crippen molar-refractivity contribution in [3.05, 3.63) is 48.0 Å². The van der Waals surface area contributed by atoms with E-state index in [1.165, 1.54) is 29.2 Å². The maximum Gasteiger partial charge on any atom is 0.0424 e. The highest BCUT2D eigenvalue weighted by Gasteiger charge is 2.28. The van der Waals surface area contributed by atoms with Gasteiger partial charge in [0.2, 0.25) is 0 Å². The van der Waals surface area contributed by atoms with Crippen molar-refractivity contribution in [2.45, 2.75) is 31.8 Å². The Morgan fingerprint density at radius 2 is 1.89 bits per heavy atom. The highest BCUT2D eigenvalue weighted by molar-refractivity contribution is 5.83. The number of fused-ring (bicyclic) bond motifs is 1. The number of benzene rings is 2. The van der Waals surface area contributed by atoms with E-state index in [-0.39, 0.29) is 6.04 Å². The van der Waals surface area contributed by atoms with Gasteiger partial charge in [-0.05, 0) is 41.8 Å². The van der Waals surface area contributed by atoms with Crippen LogP contribution in [0.25, 0.3) is 10.8 Å². The number of likely N-dealkylation sites (N-methyl/N-ethyl adjacent to an activating group) is 1. The van der Waals surface area contributed by atoms with E-state index in [0.29, 0.717) is 0 Å². The molecule has 0 aliphatic heterocycles. The van der Waals surface area contributed by atoms with Gasteiger partial charge in [0.1, 0.15) is 0 Å². The first kappa shape index (κ1) is 12.6. The molecule has 0 saturated heterocycles. The Kier molecular flexibility index (Phi) is 3.54. The Balaban J connectivity index is 1.78. The van der Waals surface area contributed by atoms with Crippen molar-refractivity contribution in [1.82, 2.24) is 4.90 Å². The zero-order valence-electron chi connectivity index (χ0n) is 11.5. The highest BCUT2D eigenvalue weighted by Crippen LogP contribution is 2.28. The lowest BCUT2D eigenvalue weighted by atomic mass is 10.0. The van der Waals surface area contributed by atoms with Gasteiger partial charge in [-0.25, -0.2) is 0 Å². The molecular formula is C17H22N2. The first-order chi connectivity index (χ1) is 9.28. The second-order valence-corrected chi connectivity index (χ2v) is 5.53. The standard InChI is InChI=1S/C17H22N2/c1-2-19(16-9-10-16)12-17(18)15-8-7-13-5-3-4-6-14(13)11-15/h3-8,11,16-17H,2,9-10,12,18H2,1H3. The molecule has 0 aromatic heterocycles. The van der Waals surface area contributed by atoms with Gasteiger partial charge in [0.15, 0.2) is 0 Å². The van der Waals surface area contributed by atoms with Crippen LogP contribution < -0.4 is 5.73 Å². The average molecular weight is 254 g/mol. The van der Waals surface area contributed by atoms with Crippen LogP contribution in [0.5, 0.6) is 0 Å². The molecule has 1 aliphatic rings. The van der Waals surface area contributed by atoms with Crippen molar-refractivity contribution < 1.29 is 0 Å². The molecule has 2 aromatic carbocycles. The first-order valence-corrected chi connectivity index (χ1v) is 7.26. The van der Waals surface area contributed by atoms with Crippen molar-refractivity contribution in [3.8, 4) is 0 Å². The van der Waals surface area contributed by atoms with Gasteiger partial charge < -0.3 is 5.73 Å². The number of rotatable bonds is 5. The van der Waals surface area contributed by atoms with Crippen molar-refractivity contribution >= 4 is 10.8 Å². The molecule has 1 atom stereocenters. The Labute approximate surface area is 115 Å². The Morgan fingerprint density at radius 3 is 2.58 bits per heavy atom. The normalized spacial score (nSPS) is 17.0. The van der Waals surface area contributed by atoms with Crippen LogP contribution in [0.4, 0.5) is 0 Å². The van der Waals surface area contributed by atoms with Crippen molar-refractivity contribution in [2.24, 2.45) is 5.73 Å². The predicted octanol–water partition coefficient (Wildman–Crippen LogP) is 3.32. The molecule has 1 fully saturated rings.